The molecule has 0 saturated heterocycles. The van der Waals surface area contributed by atoms with Gasteiger partial charge in [-0.1, -0.05) is 29.8 Å². The quantitative estimate of drug-likeness (QED) is 0.344. The highest BCUT2D eigenvalue weighted by atomic mass is 32.1. The van der Waals surface area contributed by atoms with E-state index in [1.54, 1.807) is 0 Å². The Morgan fingerprint density at radius 3 is 2.71 bits per heavy atom. The number of unbranched alkanes of at least 4 members (excludes halogenated alkanes) is 1. The highest BCUT2D eigenvalue weighted by Gasteiger charge is 2.24. The van der Waals surface area contributed by atoms with Gasteiger partial charge in [0.15, 0.2) is 0 Å². The van der Waals surface area contributed by atoms with Gasteiger partial charge in [0.25, 0.3) is 0 Å². The summed E-state index contributed by atoms with van der Waals surface area (Å²) in [5, 5.41) is 1.36. The lowest BCUT2D eigenvalue weighted by molar-refractivity contribution is -0.143. The van der Waals surface area contributed by atoms with Crippen LogP contribution in [0, 0.1) is 13.8 Å². The summed E-state index contributed by atoms with van der Waals surface area (Å²) in [7, 11) is 2.20. The van der Waals surface area contributed by atoms with Crippen LogP contribution >= 0.6 is 11.3 Å². The monoisotopic (exact) mass is 436 g/mol. The second kappa shape index (κ2) is 9.49. The molecule has 0 saturated carbocycles. The van der Waals surface area contributed by atoms with Crippen molar-refractivity contribution in [3.05, 3.63) is 51.5 Å². The maximum absolute atomic E-state index is 11.7. The number of fused-ring (bicyclic) bond motifs is 3. The number of nitrogens with zero attached hydrogens (tertiary/aromatic N) is 2. The molecule has 0 atom stereocenters. The molecule has 4 rings (SSSR count). The largest absolute Gasteiger partial charge is 0.466 e. The fourth-order valence-electron chi connectivity index (χ4n) is 4.55. The number of ether oxygens (including phenoxy) is 1. The lowest BCUT2D eigenvalue weighted by Crippen LogP contribution is -2.25. The van der Waals surface area contributed by atoms with E-state index in [-0.39, 0.29) is 5.97 Å². The Morgan fingerprint density at radius 2 is 1.97 bits per heavy atom. The van der Waals surface area contributed by atoms with Gasteiger partial charge in [-0.15, -0.1) is 11.3 Å². The average Bonchev–Trinajstić information content (AvgIpc) is 3.08. The summed E-state index contributed by atoms with van der Waals surface area (Å²) in [4.78, 5) is 21.8. The molecule has 2 aromatic heterocycles. The van der Waals surface area contributed by atoms with E-state index < -0.39 is 0 Å². The first-order valence-electron chi connectivity index (χ1n) is 11.3. The number of benzene rings is 1. The van der Waals surface area contributed by atoms with Gasteiger partial charge in [0, 0.05) is 35.5 Å². The number of aryl methyl sites for hydroxylation is 2. The minimum Gasteiger partial charge on any atom is -0.466 e. The molecule has 1 aromatic carbocycles. The van der Waals surface area contributed by atoms with Crippen molar-refractivity contribution in [2.24, 2.45) is 0 Å². The van der Waals surface area contributed by atoms with Crippen molar-refractivity contribution in [2.45, 2.75) is 59.4 Å². The molecule has 0 unspecified atom stereocenters. The number of thiophene rings is 1. The van der Waals surface area contributed by atoms with Crippen LogP contribution in [0.25, 0.3) is 21.3 Å². The minimum atomic E-state index is -0.0948. The van der Waals surface area contributed by atoms with Crippen molar-refractivity contribution in [1.82, 2.24) is 9.88 Å². The average molecular weight is 437 g/mol. The van der Waals surface area contributed by atoms with Gasteiger partial charge in [0.1, 0.15) is 4.83 Å². The molecule has 164 valence electrons. The standard InChI is InChI=1S/C26H32N2O2S/c1-5-30-23(29)9-7-6-8-20-18(3)27-26-25(21-14-15-28(4)16-22(21)31-26)24(20)19-12-10-17(2)11-13-19/h10-13H,5-9,14-16H2,1-4H3. The molecule has 3 aromatic rings. The highest BCUT2D eigenvalue weighted by Crippen LogP contribution is 2.42. The third kappa shape index (κ3) is 4.68. The first-order valence-corrected chi connectivity index (χ1v) is 12.1. The Balaban J connectivity index is 1.75. The molecule has 1 aliphatic heterocycles. The zero-order valence-electron chi connectivity index (χ0n) is 19.1. The van der Waals surface area contributed by atoms with Gasteiger partial charge in [-0.25, -0.2) is 4.98 Å². The molecule has 0 amide bonds. The molecule has 31 heavy (non-hydrogen) atoms. The lowest BCUT2D eigenvalue weighted by atomic mass is 9.89. The van der Waals surface area contributed by atoms with E-state index in [1.165, 1.54) is 42.9 Å². The molecule has 4 nitrogen and oxygen atoms in total. The zero-order valence-corrected chi connectivity index (χ0v) is 19.9. The van der Waals surface area contributed by atoms with Gasteiger partial charge in [0.2, 0.25) is 0 Å². The molecule has 0 bridgehead atoms. The Kier molecular flexibility index (Phi) is 6.73. The van der Waals surface area contributed by atoms with Gasteiger partial charge in [-0.05, 0) is 75.8 Å². The summed E-state index contributed by atoms with van der Waals surface area (Å²) in [5.74, 6) is -0.0948. The molecule has 0 spiro atoms. The molecule has 0 aliphatic carbocycles. The van der Waals surface area contributed by atoms with Crippen LogP contribution in [0.5, 0.6) is 0 Å². The van der Waals surface area contributed by atoms with Crippen molar-refractivity contribution in [3.63, 3.8) is 0 Å². The third-order valence-electron chi connectivity index (χ3n) is 6.19. The third-order valence-corrected chi connectivity index (χ3v) is 7.30. The van der Waals surface area contributed by atoms with Crippen LogP contribution in [0.1, 0.15) is 53.4 Å². The molecule has 1 aliphatic rings. The van der Waals surface area contributed by atoms with Gasteiger partial charge < -0.3 is 9.64 Å². The van der Waals surface area contributed by atoms with Crippen LogP contribution in [0.15, 0.2) is 24.3 Å². The number of likely N-dealkylation sites (N-methyl/N-ethyl adjacent to an activating group) is 1. The summed E-state index contributed by atoms with van der Waals surface area (Å²) in [6, 6.07) is 8.91. The molecule has 0 fully saturated rings. The number of rotatable bonds is 7. The van der Waals surface area contributed by atoms with E-state index in [0.29, 0.717) is 13.0 Å². The summed E-state index contributed by atoms with van der Waals surface area (Å²) in [6.45, 7) is 8.69. The predicted molar refractivity (Wildman–Crippen MR) is 129 cm³/mol. The molecule has 5 heteroatoms. The maximum Gasteiger partial charge on any atom is 0.305 e. The number of aromatic nitrogens is 1. The molecular formula is C26H32N2O2S. The smallest absolute Gasteiger partial charge is 0.305 e. The van der Waals surface area contributed by atoms with E-state index >= 15 is 0 Å². The summed E-state index contributed by atoms with van der Waals surface area (Å²) >= 11 is 1.86. The fourth-order valence-corrected chi connectivity index (χ4v) is 5.91. The minimum absolute atomic E-state index is 0.0948. The van der Waals surface area contributed by atoms with E-state index in [9.17, 15) is 4.79 Å². The number of esters is 1. The molecule has 0 N–H and O–H groups in total. The highest BCUT2D eigenvalue weighted by molar-refractivity contribution is 7.19. The lowest BCUT2D eigenvalue weighted by Gasteiger charge is -2.23. The fraction of sp³-hybridized carbons (Fsp3) is 0.462. The van der Waals surface area contributed by atoms with Crippen molar-refractivity contribution >= 4 is 27.5 Å². The van der Waals surface area contributed by atoms with Crippen LogP contribution in [0.4, 0.5) is 0 Å². The molecule has 3 heterocycles. The Morgan fingerprint density at radius 1 is 1.19 bits per heavy atom. The van der Waals surface area contributed by atoms with Crippen molar-refractivity contribution in [3.8, 4) is 11.1 Å². The Labute approximate surface area is 189 Å². The van der Waals surface area contributed by atoms with Gasteiger partial charge in [-0.2, -0.15) is 0 Å². The summed E-state index contributed by atoms with van der Waals surface area (Å²) in [5.41, 5.74) is 7.86. The number of hydrogen-bond acceptors (Lipinski definition) is 5. The van der Waals surface area contributed by atoms with Crippen LogP contribution in [-0.2, 0) is 28.9 Å². The van der Waals surface area contributed by atoms with Crippen LogP contribution in [0.2, 0.25) is 0 Å². The van der Waals surface area contributed by atoms with Crippen LogP contribution in [-0.4, -0.2) is 36.1 Å². The topological polar surface area (TPSA) is 42.4 Å². The first-order chi connectivity index (χ1) is 15.0. The van der Waals surface area contributed by atoms with E-state index in [0.717, 1.165) is 44.5 Å². The second-order valence-corrected chi connectivity index (χ2v) is 9.68. The Hall–Kier alpha value is -2.24. The van der Waals surface area contributed by atoms with Gasteiger partial charge in [0.05, 0.1) is 6.61 Å². The number of hydrogen-bond donors (Lipinski definition) is 0. The van der Waals surface area contributed by atoms with Crippen molar-refractivity contribution in [1.29, 1.82) is 0 Å². The second-order valence-electron chi connectivity index (χ2n) is 8.60. The SMILES string of the molecule is CCOC(=O)CCCCc1c(C)nc2sc3c(c2c1-c1ccc(C)cc1)CCN(C)C3. The van der Waals surface area contributed by atoms with Crippen LogP contribution < -0.4 is 0 Å². The van der Waals surface area contributed by atoms with Crippen molar-refractivity contribution < 1.29 is 9.53 Å². The number of pyridine rings is 1. The first kappa shape index (κ1) is 22.0. The maximum atomic E-state index is 11.7. The van der Waals surface area contributed by atoms with Crippen LogP contribution in [0.3, 0.4) is 0 Å². The number of carbonyl (C=O) groups is 1. The molecule has 0 radical (unpaired) electrons. The van der Waals surface area contributed by atoms with E-state index in [2.05, 4.69) is 50.1 Å². The van der Waals surface area contributed by atoms with Gasteiger partial charge >= 0.3 is 5.97 Å². The summed E-state index contributed by atoms with van der Waals surface area (Å²) < 4.78 is 5.09. The Bertz CT molecular complexity index is 1090. The normalized spacial score (nSPS) is 14.1. The zero-order chi connectivity index (χ0) is 22.0. The number of carbonyl (C=O) groups excluding carboxylic acids is 1. The van der Waals surface area contributed by atoms with Gasteiger partial charge in [-0.3, -0.25) is 4.79 Å². The summed E-state index contributed by atoms with van der Waals surface area (Å²) in [6.07, 6.45) is 4.30. The predicted octanol–water partition coefficient (Wildman–Crippen LogP) is 5.84. The molecular weight excluding hydrogens is 404 g/mol. The van der Waals surface area contributed by atoms with Crippen molar-refractivity contribution in [2.75, 3.05) is 20.2 Å². The van der Waals surface area contributed by atoms with E-state index in [1.807, 2.05) is 18.3 Å². The van der Waals surface area contributed by atoms with E-state index in [4.69, 9.17) is 9.72 Å².